The van der Waals surface area contributed by atoms with E-state index in [1.165, 1.54) is 0 Å². The summed E-state index contributed by atoms with van der Waals surface area (Å²) < 4.78 is 4.97. The number of benzene rings is 1. The van der Waals surface area contributed by atoms with Crippen LogP contribution in [-0.2, 0) is 14.3 Å². The zero-order chi connectivity index (χ0) is 13.8. The van der Waals surface area contributed by atoms with Gasteiger partial charge in [-0.2, -0.15) is 0 Å². The van der Waals surface area contributed by atoms with Gasteiger partial charge in [0.15, 0.2) is 0 Å². The second-order valence-corrected chi connectivity index (χ2v) is 4.58. The van der Waals surface area contributed by atoms with Gasteiger partial charge in [0.05, 0.1) is 6.61 Å². The van der Waals surface area contributed by atoms with Gasteiger partial charge >= 0.3 is 5.97 Å². The lowest BCUT2D eigenvalue weighted by molar-refractivity contribution is -0.141. The minimum Gasteiger partial charge on any atom is -0.465 e. The maximum absolute atomic E-state index is 11.6. The van der Waals surface area contributed by atoms with E-state index < -0.39 is 0 Å². The molecule has 19 heavy (non-hydrogen) atoms. The summed E-state index contributed by atoms with van der Waals surface area (Å²) in [4.78, 5) is 24.5. The summed E-state index contributed by atoms with van der Waals surface area (Å²) in [5, 5.41) is 0. The van der Waals surface area contributed by atoms with Crippen LogP contribution in [0.15, 0.2) is 18.2 Å². The van der Waals surface area contributed by atoms with Gasteiger partial charge in [0.2, 0.25) is 0 Å². The summed E-state index contributed by atoms with van der Waals surface area (Å²) in [7, 11) is 0. The lowest BCUT2D eigenvalue weighted by Gasteiger charge is -2.30. The topological polar surface area (TPSA) is 46.6 Å². The molecule has 2 rings (SSSR count). The Balaban J connectivity index is 2.31. The first kappa shape index (κ1) is 13.4. The van der Waals surface area contributed by atoms with Crippen LogP contribution in [0.5, 0.6) is 0 Å². The van der Waals surface area contributed by atoms with Gasteiger partial charge in [-0.1, -0.05) is 11.6 Å². The van der Waals surface area contributed by atoms with E-state index in [1.807, 2.05) is 36.0 Å². The Morgan fingerprint density at radius 1 is 1.47 bits per heavy atom. The van der Waals surface area contributed by atoms with Gasteiger partial charge < -0.3 is 9.64 Å². The third-order valence-electron chi connectivity index (χ3n) is 3.20. The number of carbonyl (C=O) groups is 1. The highest BCUT2D eigenvalue weighted by Crippen LogP contribution is 2.33. The van der Waals surface area contributed by atoms with Gasteiger partial charge in [-0.15, -0.1) is 0 Å². The number of nitrogens with zero attached hydrogens (tertiary/aromatic N) is 1. The largest absolute Gasteiger partial charge is 0.465 e. The molecule has 0 atom stereocenters. The Kier molecular flexibility index (Phi) is 4.03. The molecule has 0 amide bonds. The van der Waals surface area contributed by atoms with Crippen molar-refractivity contribution in [3.8, 4) is 0 Å². The molecule has 0 saturated heterocycles. The average Bonchev–Trinajstić information content (AvgIpc) is 2.39. The monoisotopic (exact) mass is 259 g/mol. The van der Waals surface area contributed by atoms with Gasteiger partial charge in [0.25, 0.3) is 0 Å². The zero-order valence-corrected chi connectivity index (χ0v) is 11.2. The van der Waals surface area contributed by atoms with Crippen molar-refractivity contribution in [1.29, 1.82) is 0 Å². The highest BCUT2D eigenvalue weighted by Gasteiger charge is 2.23. The SMILES string of the molecule is CCOC(=O)CN1CCC(=C=O)c2cc(C)ccc21. The molecule has 0 fully saturated rings. The Bertz CT molecular complexity index is 544. The smallest absolute Gasteiger partial charge is 0.325 e. The van der Waals surface area contributed by atoms with Gasteiger partial charge in [0, 0.05) is 29.8 Å². The van der Waals surface area contributed by atoms with Crippen molar-refractivity contribution in [2.75, 3.05) is 24.6 Å². The molecule has 1 aliphatic heterocycles. The van der Waals surface area contributed by atoms with Crippen molar-refractivity contribution < 1.29 is 14.3 Å². The van der Waals surface area contributed by atoms with Gasteiger partial charge in [-0.3, -0.25) is 4.79 Å². The minimum absolute atomic E-state index is 0.218. The van der Waals surface area contributed by atoms with Crippen LogP contribution in [0.2, 0.25) is 0 Å². The normalized spacial score (nSPS) is 13.8. The van der Waals surface area contributed by atoms with Crippen LogP contribution in [0, 0.1) is 6.92 Å². The Hall–Kier alpha value is -2.06. The molecular formula is C15H17NO3. The number of hydrogen-bond acceptors (Lipinski definition) is 4. The number of aryl methyl sites for hydroxylation is 1. The minimum atomic E-state index is -0.243. The maximum Gasteiger partial charge on any atom is 0.325 e. The average molecular weight is 259 g/mol. The number of fused-ring (bicyclic) bond motifs is 1. The number of anilines is 1. The van der Waals surface area contributed by atoms with E-state index in [-0.39, 0.29) is 12.5 Å². The molecular weight excluding hydrogens is 242 g/mol. The van der Waals surface area contributed by atoms with Crippen LogP contribution in [0.1, 0.15) is 24.5 Å². The maximum atomic E-state index is 11.6. The third kappa shape index (κ3) is 2.85. The van der Waals surface area contributed by atoms with Crippen molar-refractivity contribution in [2.45, 2.75) is 20.3 Å². The lowest BCUT2D eigenvalue weighted by Crippen LogP contribution is -2.35. The quantitative estimate of drug-likeness (QED) is 0.615. The van der Waals surface area contributed by atoms with Crippen LogP contribution in [-0.4, -0.2) is 31.6 Å². The van der Waals surface area contributed by atoms with E-state index in [0.717, 1.165) is 16.8 Å². The molecule has 1 aromatic carbocycles. The molecule has 100 valence electrons. The van der Waals surface area contributed by atoms with Crippen LogP contribution >= 0.6 is 0 Å². The molecule has 1 aliphatic rings. The fourth-order valence-electron chi connectivity index (χ4n) is 2.30. The molecule has 0 bridgehead atoms. The fourth-order valence-corrected chi connectivity index (χ4v) is 2.30. The van der Waals surface area contributed by atoms with Crippen molar-refractivity contribution in [3.63, 3.8) is 0 Å². The van der Waals surface area contributed by atoms with E-state index in [2.05, 4.69) is 0 Å². The third-order valence-corrected chi connectivity index (χ3v) is 3.20. The summed E-state index contributed by atoms with van der Waals surface area (Å²) in [6.45, 7) is 5.01. The lowest BCUT2D eigenvalue weighted by atomic mass is 9.95. The predicted octanol–water partition coefficient (Wildman–Crippen LogP) is 1.98. The molecule has 0 N–H and O–H groups in total. The fraction of sp³-hybridized carbons (Fsp3) is 0.400. The first-order valence-corrected chi connectivity index (χ1v) is 6.41. The van der Waals surface area contributed by atoms with E-state index >= 15 is 0 Å². The molecule has 0 unspecified atom stereocenters. The number of ether oxygens (including phenoxy) is 1. The predicted molar refractivity (Wildman–Crippen MR) is 73.7 cm³/mol. The van der Waals surface area contributed by atoms with E-state index in [9.17, 15) is 9.59 Å². The molecule has 4 nitrogen and oxygen atoms in total. The van der Waals surface area contributed by atoms with Gasteiger partial charge in [-0.25, -0.2) is 4.79 Å². The van der Waals surface area contributed by atoms with Crippen LogP contribution < -0.4 is 4.90 Å². The molecule has 0 radical (unpaired) electrons. The first-order valence-electron chi connectivity index (χ1n) is 6.41. The Morgan fingerprint density at radius 2 is 2.26 bits per heavy atom. The highest BCUT2D eigenvalue weighted by atomic mass is 16.5. The van der Waals surface area contributed by atoms with Crippen LogP contribution in [0.25, 0.3) is 5.57 Å². The Morgan fingerprint density at radius 3 is 2.95 bits per heavy atom. The molecule has 0 saturated carbocycles. The summed E-state index contributed by atoms with van der Waals surface area (Å²) in [5.74, 6) is 1.77. The van der Waals surface area contributed by atoms with Crippen molar-refractivity contribution >= 4 is 23.2 Å². The van der Waals surface area contributed by atoms with Crippen molar-refractivity contribution in [3.05, 3.63) is 29.3 Å². The van der Waals surface area contributed by atoms with Gasteiger partial charge in [0.1, 0.15) is 12.5 Å². The molecule has 0 spiro atoms. The number of carbonyl (C=O) groups excluding carboxylic acids is 2. The van der Waals surface area contributed by atoms with Crippen molar-refractivity contribution in [2.24, 2.45) is 0 Å². The summed E-state index contributed by atoms with van der Waals surface area (Å²) in [5.41, 5.74) is 3.55. The van der Waals surface area contributed by atoms with E-state index in [1.54, 1.807) is 6.92 Å². The van der Waals surface area contributed by atoms with E-state index in [0.29, 0.717) is 25.1 Å². The Labute approximate surface area is 112 Å². The summed E-state index contributed by atoms with van der Waals surface area (Å²) in [6.07, 6.45) is 0.610. The summed E-state index contributed by atoms with van der Waals surface area (Å²) in [6, 6.07) is 5.89. The van der Waals surface area contributed by atoms with Crippen LogP contribution in [0.3, 0.4) is 0 Å². The highest BCUT2D eigenvalue weighted by molar-refractivity contribution is 5.95. The standard InChI is InChI=1S/C15H17NO3/c1-3-19-15(18)9-16-7-6-12(10-17)13-8-11(2)4-5-14(13)16/h4-5,8H,3,6-7,9H2,1-2H3. The number of esters is 1. The summed E-state index contributed by atoms with van der Waals surface area (Å²) >= 11 is 0. The number of hydrogen-bond donors (Lipinski definition) is 0. The molecule has 0 aromatic heterocycles. The first-order chi connectivity index (χ1) is 9.15. The second-order valence-electron chi connectivity index (χ2n) is 4.58. The molecule has 1 heterocycles. The molecule has 1 aromatic rings. The molecule has 0 aliphatic carbocycles. The number of rotatable bonds is 3. The van der Waals surface area contributed by atoms with Crippen molar-refractivity contribution in [1.82, 2.24) is 0 Å². The van der Waals surface area contributed by atoms with Crippen LogP contribution in [0.4, 0.5) is 5.69 Å². The second kappa shape index (κ2) is 5.72. The zero-order valence-electron chi connectivity index (χ0n) is 11.2. The van der Waals surface area contributed by atoms with Gasteiger partial charge in [-0.05, 0) is 26.0 Å². The molecule has 4 heteroatoms. The van der Waals surface area contributed by atoms with E-state index in [4.69, 9.17) is 4.74 Å².